The van der Waals surface area contributed by atoms with Gasteiger partial charge in [0, 0.05) is 32.5 Å². The number of aryl methyl sites for hydroxylation is 1. The number of benzene rings is 1. The first-order chi connectivity index (χ1) is 15.5. The van der Waals surface area contributed by atoms with Crippen molar-refractivity contribution in [3.05, 3.63) is 42.5 Å². The number of unbranched alkanes of at least 4 members (excludes halogenated alkanes) is 8. The van der Waals surface area contributed by atoms with Crippen molar-refractivity contribution in [3.63, 3.8) is 0 Å². The van der Waals surface area contributed by atoms with E-state index < -0.39 is 8.07 Å². The summed E-state index contributed by atoms with van der Waals surface area (Å²) >= 11 is 0. The summed E-state index contributed by atoms with van der Waals surface area (Å²) in [4.78, 5) is 9.15. The predicted molar refractivity (Wildman–Crippen MR) is 141 cm³/mol. The van der Waals surface area contributed by atoms with E-state index in [0.29, 0.717) is 0 Å². The first-order valence-corrected chi connectivity index (χ1v) is 16.5. The Balaban J connectivity index is 1.64. The first-order valence-electron chi connectivity index (χ1n) is 13.1. The fraction of sp³-hybridized carbons (Fsp3) is 0.643. The summed E-state index contributed by atoms with van der Waals surface area (Å²) in [5, 5.41) is 0. The number of nitrogens with zero attached hydrogens (tertiary/aromatic N) is 2. The van der Waals surface area contributed by atoms with Crippen molar-refractivity contribution < 1.29 is 4.74 Å². The van der Waals surface area contributed by atoms with Gasteiger partial charge < -0.3 is 4.74 Å². The van der Waals surface area contributed by atoms with Crippen molar-refractivity contribution in [2.24, 2.45) is 0 Å². The lowest BCUT2D eigenvalue weighted by atomic mass is 10.1. The number of hydrogen-bond donors (Lipinski definition) is 0. The van der Waals surface area contributed by atoms with Gasteiger partial charge in [0.05, 0.1) is 6.61 Å². The first kappa shape index (κ1) is 26.6. The maximum atomic E-state index is 5.94. The Labute approximate surface area is 198 Å². The molecule has 0 aliphatic heterocycles. The normalized spacial score (nSPS) is 11.6. The summed E-state index contributed by atoms with van der Waals surface area (Å²) in [5.74, 6) is 1.92. The Morgan fingerprint density at radius 3 is 2.03 bits per heavy atom. The van der Waals surface area contributed by atoms with E-state index in [-0.39, 0.29) is 0 Å². The zero-order valence-electron chi connectivity index (χ0n) is 21.2. The fourth-order valence-electron chi connectivity index (χ4n) is 3.87. The summed E-state index contributed by atoms with van der Waals surface area (Å²) in [6, 6.07) is 11.2. The molecule has 2 rings (SSSR count). The van der Waals surface area contributed by atoms with Crippen molar-refractivity contribution in [2.75, 3.05) is 6.61 Å². The molecule has 0 N–H and O–H groups in total. The lowest BCUT2D eigenvalue weighted by Crippen LogP contribution is -2.22. The fourth-order valence-corrected chi connectivity index (χ4v) is 5.43. The van der Waals surface area contributed by atoms with Crippen molar-refractivity contribution in [1.29, 1.82) is 0 Å². The number of rotatable bonds is 17. The molecule has 1 aromatic heterocycles. The van der Waals surface area contributed by atoms with Crippen LogP contribution < -0.4 is 4.74 Å². The molecule has 4 heteroatoms. The second-order valence-corrected chi connectivity index (χ2v) is 15.5. The van der Waals surface area contributed by atoms with Crippen LogP contribution in [0.5, 0.6) is 5.75 Å². The molecule has 0 unspecified atom stereocenters. The van der Waals surface area contributed by atoms with Crippen LogP contribution in [-0.2, 0) is 6.42 Å². The highest BCUT2D eigenvalue weighted by molar-refractivity contribution is 6.77. The molecule has 178 valence electrons. The average molecular weight is 455 g/mol. The molecular weight excluding hydrogens is 408 g/mol. The molecule has 0 aliphatic rings. The molecule has 0 radical (unpaired) electrons. The van der Waals surface area contributed by atoms with E-state index in [2.05, 4.69) is 61.2 Å². The van der Waals surface area contributed by atoms with Crippen LogP contribution in [0.2, 0.25) is 25.2 Å². The lowest BCUT2D eigenvalue weighted by molar-refractivity contribution is 0.305. The Morgan fingerprint density at radius 1 is 0.719 bits per heavy atom. The van der Waals surface area contributed by atoms with Crippen molar-refractivity contribution in [2.45, 2.75) is 110 Å². The molecule has 0 spiro atoms. The zero-order chi connectivity index (χ0) is 23.1. The van der Waals surface area contributed by atoms with Crippen LogP contribution in [0.25, 0.3) is 11.1 Å². The third-order valence-corrected chi connectivity index (χ3v) is 10.2. The SMILES string of the molecule is CCCCCCCCc1ncc(-c2ccc(OCCCCCC[Si](C)(C)CC)cc2)cn1. The maximum Gasteiger partial charge on any atom is 0.128 e. The highest BCUT2D eigenvalue weighted by atomic mass is 28.3. The molecule has 32 heavy (non-hydrogen) atoms. The van der Waals surface area contributed by atoms with Gasteiger partial charge in [-0.3, -0.25) is 0 Å². The van der Waals surface area contributed by atoms with Gasteiger partial charge in [0.2, 0.25) is 0 Å². The van der Waals surface area contributed by atoms with Crippen LogP contribution in [0.4, 0.5) is 0 Å². The third-order valence-electron chi connectivity index (χ3n) is 6.62. The molecule has 1 heterocycles. The standard InChI is InChI=1S/C28H46N2OSi/c1-5-7-8-9-10-13-16-28-29-23-26(24-30-28)25-17-19-27(20-18-25)31-21-14-11-12-15-22-32(3,4)6-2/h17-20,23-24H,5-16,21-22H2,1-4H3. The molecule has 0 fully saturated rings. The van der Waals surface area contributed by atoms with E-state index in [1.807, 2.05) is 12.4 Å². The van der Waals surface area contributed by atoms with E-state index >= 15 is 0 Å². The number of ether oxygens (including phenoxy) is 1. The summed E-state index contributed by atoms with van der Waals surface area (Å²) in [7, 11) is -0.888. The summed E-state index contributed by atoms with van der Waals surface area (Å²) < 4.78 is 5.94. The van der Waals surface area contributed by atoms with Crippen molar-refractivity contribution in [3.8, 4) is 16.9 Å². The Morgan fingerprint density at radius 2 is 1.34 bits per heavy atom. The van der Waals surface area contributed by atoms with Gasteiger partial charge in [-0.15, -0.1) is 0 Å². The lowest BCUT2D eigenvalue weighted by Gasteiger charge is -2.19. The van der Waals surface area contributed by atoms with E-state index in [4.69, 9.17) is 4.74 Å². The molecule has 1 aromatic carbocycles. The van der Waals surface area contributed by atoms with Gasteiger partial charge >= 0.3 is 0 Å². The highest BCUT2D eigenvalue weighted by Gasteiger charge is 2.16. The van der Waals surface area contributed by atoms with Crippen LogP contribution in [-0.4, -0.2) is 24.6 Å². The van der Waals surface area contributed by atoms with Crippen LogP contribution >= 0.6 is 0 Å². The van der Waals surface area contributed by atoms with Gasteiger partial charge in [0.1, 0.15) is 11.6 Å². The average Bonchev–Trinajstić information content (AvgIpc) is 2.81. The van der Waals surface area contributed by atoms with Gasteiger partial charge in [0.25, 0.3) is 0 Å². The molecule has 0 bridgehead atoms. The van der Waals surface area contributed by atoms with E-state index in [1.54, 1.807) is 0 Å². The minimum absolute atomic E-state index is 0.810. The van der Waals surface area contributed by atoms with Gasteiger partial charge in [-0.1, -0.05) is 103 Å². The molecule has 0 saturated carbocycles. The Kier molecular flexibility index (Phi) is 12.6. The minimum atomic E-state index is -0.888. The second-order valence-electron chi connectivity index (χ2n) is 9.96. The maximum absolute atomic E-state index is 5.94. The van der Waals surface area contributed by atoms with Crippen LogP contribution in [0.15, 0.2) is 36.7 Å². The van der Waals surface area contributed by atoms with Gasteiger partial charge in [-0.05, 0) is 30.5 Å². The minimum Gasteiger partial charge on any atom is -0.494 e. The highest BCUT2D eigenvalue weighted by Crippen LogP contribution is 2.22. The zero-order valence-corrected chi connectivity index (χ0v) is 22.2. The Bertz CT molecular complexity index is 728. The summed E-state index contributed by atoms with van der Waals surface area (Å²) in [6.07, 6.45) is 17.9. The largest absolute Gasteiger partial charge is 0.494 e. The monoisotopic (exact) mass is 454 g/mol. The second kappa shape index (κ2) is 15.2. The number of hydrogen-bond acceptors (Lipinski definition) is 3. The van der Waals surface area contributed by atoms with Crippen LogP contribution in [0.3, 0.4) is 0 Å². The van der Waals surface area contributed by atoms with Crippen LogP contribution in [0, 0.1) is 0 Å². The molecule has 0 aliphatic carbocycles. The third kappa shape index (κ3) is 10.8. The molecular formula is C28H46N2OSi. The summed E-state index contributed by atoms with van der Waals surface area (Å²) in [6.45, 7) is 10.4. The Hall–Kier alpha value is -1.68. The molecule has 3 nitrogen and oxygen atoms in total. The van der Waals surface area contributed by atoms with Crippen LogP contribution in [0.1, 0.15) is 83.9 Å². The van der Waals surface area contributed by atoms with Gasteiger partial charge in [0.15, 0.2) is 0 Å². The van der Waals surface area contributed by atoms with Gasteiger partial charge in [-0.25, -0.2) is 9.97 Å². The van der Waals surface area contributed by atoms with Gasteiger partial charge in [-0.2, -0.15) is 0 Å². The van der Waals surface area contributed by atoms with E-state index in [1.165, 1.54) is 69.9 Å². The van der Waals surface area contributed by atoms with E-state index in [9.17, 15) is 0 Å². The quantitative estimate of drug-likeness (QED) is 0.177. The van der Waals surface area contributed by atoms with Crippen molar-refractivity contribution >= 4 is 8.07 Å². The molecule has 2 aromatic rings. The molecule has 0 atom stereocenters. The topological polar surface area (TPSA) is 35.0 Å². The van der Waals surface area contributed by atoms with E-state index in [0.717, 1.165) is 42.1 Å². The summed E-state index contributed by atoms with van der Waals surface area (Å²) in [5.41, 5.74) is 2.22. The molecule has 0 amide bonds. The molecule has 0 saturated heterocycles. The number of aromatic nitrogens is 2. The smallest absolute Gasteiger partial charge is 0.128 e. The van der Waals surface area contributed by atoms with Crippen molar-refractivity contribution in [1.82, 2.24) is 9.97 Å². The predicted octanol–water partition coefficient (Wildman–Crippen LogP) is 8.71.